The number of morpholine rings is 1. The summed E-state index contributed by atoms with van der Waals surface area (Å²) in [6, 6.07) is 5.68. The van der Waals surface area contributed by atoms with Gasteiger partial charge in [0.2, 0.25) is 5.91 Å². The molecule has 6 nitrogen and oxygen atoms in total. The van der Waals surface area contributed by atoms with Crippen LogP contribution in [0.3, 0.4) is 0 Å². The molecule has 2 amide bonds. The van der Waals surface area contributed by atoms with Crippen LogP contribution in [0.4, 0.5) is 5.69 Å². The van der Waals surface area contributed by atoms with Gasteiger partial charge in [-0.15, -0.1) is 0 Å². The maximum atomic E-state index is 12.1. The molecule has 3 rings (SSSR count). The highest BCUT2D eigenvalue weighted by molar-refractivity contribution is 5.95. The summed E-state index contributed by atoms with van der Waals surface area (Å²) in [4.78, 5) is 25.9. The van der Waals surface area contributed by atoms with Crippen molar-refractivity contribution in [2.24, 2.45) is 0 Å². The summed E-state index contributed by atoms with van der Waals surface area (Å²) in [7, 11) is 0. The van der Waals surface area contributed by atoms with E-state index >= 15 is 0 Å². The molecule has 2 aliphatic rings. The Hall–Kier alpha value is -2.08. The molecule has 0 aliphatic carbocycles. The predicted octanol–water partition coefficient (Wildman–Crippen LogP) is 0.633. The maximum absolute atomic E-state index is 12.1. The molecule has 2 aliphatic heterocycles. The van der Waals surface area contributed by atoms with Gasteiger partial charge in [0.25, 0.3) is 5.91 Å². The van der Waals surface area contributed by atoms with Crippen molar-refractivity contribution in [3.63, 3.8) is 0 Å². The molecule has 2 heterocycles. The van der Waals surface area contributed by atoms with Crippen molar-refractivity contribution in [1.82, 2.24) is 10.2 Å². The molecule has 0 saturated carbocycles. The molecular weight excluding hydrogens is 282 g/mol. The van der Waals surface area contributed by atoms with Crippen LogP contribution in [0.2, 0.25) is 0 Å². The minimum absolute atomic E-state index is 0.0711. The van der Waals surface area contributed by atoms with Crippen LogP contribution in [0.1, 0.15) is 22.3 Å². The van der Waals surface area contributed by atoms with Gasteiger partial charge in [0.1, 0.15) is 0 Å². The summed E-state index contributed by atoms with van der Waals surface area (Å²) in [5.41, 5.74) is 2.94. The fraction of sp³-hybridized carbons (Fsp3) is 0.500. The predicted molar refractivity (Wildman–Crippen MR) is 83.0 cm³/mol. The average molecular weight is 303 g/mol. The quantitative estimate of drug-likeness (QED) is 0.856. The van der Waals surface area contributed by atoms with Gasteiger partial charge >= 0.3 is 0 Å². The van der Waals surface area contributed by atoms with Crippen molar-refractivity contribution in [1.29, 1.82) is 0 Å². The molecule has 2 N–H and O–H groups in total. The number of nitrogens with one attached hydrogen (secondary N) is 2. The van der Waals surface area contributed by atoms with E-state index in [2.05, 4.69) is 10.6 Å². The third-order valence-corrected chi connectivity index (χ3v) is 4.07. The van der Waals surface area contributed by atoms with Crippen molar-refractivity contribution in [2.75, 3.05) is 44.7 Å². The lowest BCUT2D eigenvalue weighted by Crippen LogP contribution is -2.42. The number of ether oxygens (including phenoxy) is 1. The summed E-state index contributed by atoms with van der Waals surface area (Å²) in [5.74, 6) is -0.0498. The van der Waals surface area contributed by atoms with Gasteiger partial charge in [0, 0.05) is 43.9 Å². The van der Waals surface area contributed by atoms with Crippen LogP contribution in [0.5, 0.6) is 0 Å². The highest BCUT2D eigenvalue weighted by Gasteiger charge is 2.17. The summed E-state index contributed by atoms with van der Waals surface area (Å²) < 4.78 is 5.22. The summed E-state index contributed by atoms with van der Waals surface area (Å²) in [6.07, 6.45) is 1.28. The lowest BCUT2D eigenvalue weighted by atomic mass is 10.1. The molecule has 0 atom stereocenters. The Bertz CT molecular complexity index is 568. The Kier molecular flexibility index (Phi) is 4.58. The number of carbonyl (C=O) groups excluding carboxylic acids is 2. The molecule has 1 aromatic rings. The first-order valence-electron chi connectivity index (χ1n) is 7.74. The fourth-order valence-corrected chi connectivity index (χ4v) is 2.80. The molecule has 22 heavy (non-hydrogen) atoms. The van der Waals surface area contributed by atoms with Gasteiger partial charge in [-0.25, -0.2) is 0 Å². The van der Waals surface area contributed by atoms with Crippen LogP contribution in [-0.2, 0) is 16.0 Å². The number of anilines is 1. The largest absolute Gasteiger partial charge is 0.384 e. The normalized spacial score (nSPS) is 16.8. The molecule has 0 unspecified atom stereocenters. The van der Waals surface area contributed by atoms with Gasteiger partial charge in [-0.2, -0.15) is 0 Å². The highest BCUT2D eigenvalue weighted by atomic mass is 16.5. The second kappa shape index (κ2) is 6.79. The molecular formula is C16H21N3O3. The van der Waals surface area contributed by atoms with E-state index in [1.165, 1.54) is 5.56 Å². The van der Waals surface area contributed by atoms with Crippen molar-refractivity contribution < 1.29 is 14.3 Å². The number of carbonyl (C=O) groups is 2. The molecule has 6 heteroatoms. The van der Waals surface area contributed by atoms with Gasteiger partial charge in [0.05, 0.1) is 13.2 Å². The van der Waals surface area contributed by atoms with Gasteiger partial charge in [-0.05, 0) is 30.2 Å². The van der Waals surface area contributed by atoms with E-state index in [0.717, 1.165) is 18.7 Å². The van der Waals surface area contributed by atoms with Gasteiger partial charge in [-0.1, -0.05) is 0 Å². The molecule has 1 fully saturated rings. The average Bonchev–Trinajstić information content (AvgIpc) is 3.03. The molecule has 1 aromatic carbocycles. The SMILES string of the molecule is O=C(NCCC(=O)N1CCOCC1)c1ccc2c(c1)CCN2. The summed E-state index contributed by atoms with van der Waals surface area (Å²) >= 11 is 0. The topological polar surface area (TPSA) is 70.7 Å². The number of fused-ring (bicyclic) bond motifs is 1. The third kappa shape index (κ3) is 3.39. The van der Waals surface area contributed by atoms with E-state index < -0.39 is 0 Å². The molecule has 0 spiro atoms. The summed E-state index contributed by atoms with van der Waals surface area (Å²) in [5, 5.41) is 6.09. The zero-order chi connectivity index (χ0) is 15.4. The zero-order valence-corrected chi connectivity index (χ0v) is 12.6. The van der Waals surface area contributed by atoms with E-state index in [4.69, 9.17) is 4.74 Å². The number of hydrogen-bond donors (Lipinski definition) is 2. The van der Waals surface area contributed by atoms with Crippen LogP contribution >= 0.6 is 0 Å². The van der Waals surface area contributed by atoms with E-state index in [9.17, 15) is 9.59 Å². The number of hydrogen-bond acceptors (Lipinski definition) is 4. The first kappa shape index (κ1) is 14.8. The lowest BCUT2D eigenvalue weighted by molar-refractivity contribution is -0.135. The van der Waals surface area contributed by atoms with Crippen molar-refractivity contribution in [3.05, 3.63) is 29.3 Å². The number of amides is 2. The van der Waals surface area contributed by atoms with E-state index in [1.807, 2.05) is 18.2 Å². The standard InChI is InChI=1S/C16H21N3O3/c20-15(19-7-9-22-10-8-19)4-6-18-16(21)13-1-2-14-12(11-13)3-5-17-14/h1-2,11,17H,3-10H2,(H,18,21). The van der Waals surface area contributed by atoms with Crippen molar-refractivity contribution in [2.45, 2.75) is 12.8 Å². The van der Waals surface area contributed by atoms with Crippen LogP contribution in [0, 0.1) is 0 Å². The Morgan fingerprint density at radius 3 is 2.91 bits per heavy atom. The Morgan fingerprint density at radius 2 is 2.09 bits per heavy atom. The summed E-state index contributed by atoms with van der Waals surface area (Å²) in [6.45, 7) is 3.77. The third-order valence-electron chi connectivity index (χ3n) is 4.07. The molecule has 0 radical (unpaired) electrons. The van der Waals surface area contributed by atoms with Gasteiger partial charge < -0.3 is 20.3 Å². The zero-order valence-electron chi connectivity index (χ0n) is 12.6. The minimum atomic E-state index is -0.121. The van der Waals surface area contributed by atoms with Crippen LogP contribution in [-0.4, -0.2) is 56.1 Å². The second-order valence-corrected chi connectivity index (χ2v) is 5.55. The molecule has 118 valence electrons. The molecule has 0 bridgehead atoms. The van der Waals surface area contributed by atoms with Crippen LogP contribution in [0.15, 0.2) is 18.2 Å². The van der Waals surface area contributed by atoms with Crippen molar-refractivity contribution in [3.8, 4) is 0 Å². The number of nitrogens with zero attached hydrogens (tertiary/aromatic N) is 1. The second-order valence-electron chi connectivity index (χ2n) is 5.55. The number of benzene rings is 1. The smallest absolute Gasteiger partial charge is 0.251 e. The highest BCUT2D eigenvalue weighted by Crippen LogP contribution is 2.22. The Morgan fingerprint density at radius 1 is 1.27 bits per heavy atom. The van der Waals surface area contributed by atoms with E-state index in [-0.39, 0.29) is 11.8 Å². The lowest BCUT2D eigenvalue weighted by Gasteiger charge is -2.26. The van der Waals surface area contributed by atoms with Crippen LogP contribution in [0.25, 0.3) is 0 Å². The fourth-order valence-electron chi connectivity index (χ4n) is 2.80. The minimum Gasteiger partial charge on any atom is -0.384 e. The Balaban J connectivity index is 1.47. The molecule has 0 aromatic heterocycles. The van der Waals surface area contributed by atoms with Crippen molar-refractivity contribution >= 4 is 17.5 Å². The number of rotatable bonds is 4. The first-order chi connectivity index (χ1) is 10.7. The van der Waals surface area contributed by atoms with E-state index in [1.54, 1.807) is 4.90 Å². The van der Waals surface area contributed by atoms with E-state index in [0.29, 0.717) is 44.8 Å². The Labute approximate surface area is 129 Å². The van der Waals surface area contributed by atoms with Gasteiger partial charge in [0.15, 0.2) is 0 Å². The van der Waals surface area contributed by atoms with Gasteiger partial charge in [-0.3, -0.25) is 9.59 Å². The maximum Gasteiger partial charge on any atom is 0.251 e. The van der Waals surface area contributed by atoms with Crippen LogP contribution < -0.4 is 10.6 Å². The molecule has 1 saturated heterocycles. The monoisotopic (exact) mass is 303 g/mol. The first-order valence-corrected chi connectivity index (χ1v) is 7.74.